The molecule has 1 unspecified atom stereocenters. The third kappa shape index (κ3) is 3.78. The topological polar surface area (TPSA) is 58.4 Å². The van der Waals surface area contributed by atoms with Crippen LogP contribution in [0.3, 0.4) is 0 Å². The summed E-state index contributed by atoms with van der Waals surface area (Å²) in [7, 11) is 4.00. The molecule has 4 nitrogen and oxygen atoms in total. The van der Waals surface area contributed by atoms with Crippen LogP contribution in [0.2, 0.25) is 0 Å². The van der Waals surface area contributed by atoms with E-state index in [1.165, 1.54) is 5.56 Å². The number of hydrogen-bond donors (Lipinski definition) is 2. The molecule has 3 N–H and O–H groups in total. The van der Waals surface area contributed by atoms with Crippen LogP contribution in [0.5, 0.6) is 0 Å². The minimum Gasteiger partial charge on any atom is -0.368 e. The van der Waals surface area contributed by atoms with Crippen LogP contribution in [0.25, 0.3) is 0 Å². The number of nitrogens with zero attached hydrogens (tertiary/aromatic N) is 1. The highest BCUT2D eigenvalue weighted by molar-refractivity contribution is 5.86. The fourth-order valence-electron chi connectivity index (χ4n) is 2.22. The van der Waals surface area contributed by atoms with Crippen LogP contribution >= 0.6 is 0 Å². The first-order chi connectivity index (χ1) is 8.77. The molecule has 106 valence electrons. The molecule has 0 fully saturated rings. The van der Waals surface area contributed by atoms with Gasteiger partial charge in [0.05, 0.1) is 0 Å². The molecule has 0 heterocycles. The van der Waals surface area contributed by atoms with Crippen molar-refractivity contribution in [1.82, 2.24) is 10.2 Å². The quantitative estimate of drug-likeness (QED) is 0.809. The van der Waals surface area contributed by atoms with Crippen LogP contribution < -0.4 is 11.1 Å². The first-order valence-electron chi connectivity index (χ1n) is 6.55. The minimum atomic E-state index is -0.826. The summed E-state index contributed by atoms with van der Waals surface area (Å²) in [5.74, 6) is -0.349. The lowest BCUT2D eigenvalue weighted by Gasteiger charge is -2.30. The van der Waals surface area contributed by atoms with Gasteiger partial charge in [0.1, 0.15) is 5.54 Å². The summed E-state index contributed by atoms with van der Waals surface area (Å²) in [5, 5.41) is 3.29. The number of aryl methyl sites for hydroxylation is 2. The predicted octanol–water partition coefficient (Wildman–Crippen LogP) is 1.16. The number of benzene rings is 1. The van der Waals surface area contributed by atoms with Crippen LogP contribution in [0.1, 0.15) is 23.6 Å². The fourth-order valence-corrected chi connectivity index (χ4v) is 2.22. The molecule has 19 heavy (non-hydrogen) atoms. The Kier molecular flexibility index (Phi) is 5.09. The standard InChI is InChI=1S/C15H25N3O/c1-11-6-7-13(12(2)10-11)15(3,14(16)19)17-8-9-18(4)5/h6-7,10,17H,8-9H2,1-5H3,(H2,16,19). The van der Waals surface area contributed by atoms with Crippen molar-refractivity contribution in [1.29, 1.82) is 0 Å². The van der Waals surface area contributed by atoms with Gasteiger partial charge in [-0.1, -0.05) is 23.8 Å². The highest BCUT2D eigenvalue weighted by Gasteiger charge is 2.33. The Morgan fingerprint density at radius 1 is 1.37 bits per heavy atom. The first kappa shape index (κ1) is 15.7. The maximum Gasteiger partial charge on any atom is 0.242 e. The van der Waals surface area contributed by atoms with E-state index in [9.17, 15) is 4.79 Å². The number of nitrogens with one attached hydrogen (secondary N) is 1. The molecule has 0 saturated carbocycles. The van der Waals surface area contributed by atoms with Gasteiger partial charge in [0.25, 0.3) is 0 Å². The largest absolute Gasteiger partial charge is 0.368 e. The third-order valence-electron chi connectivity index (χ3n) is 3.45. The molecular weight excluding hydrogens is 238 g/mol. The van der Waals surface area contributed by atoms with Crippen LogP contribution in [0, 0.1) is 13.8 Å². The molecule has 0 aliphatic heterocycles. The molecule has 1 rings (SSSR count). The SMILES string of the molecule is Cc1ccc(C(C)(NCCN(C)C)C(N)=O)c(C)c1. The van der Waals surface area contributed by atoms with E-state index in [0.717, 1.165) is 17.7 Å². The van der Waals surface area contributed by atoms with Gasteiger partial charge in [-0.3, -0.25) is 10.1 Å². The van der Waals surface area contributed by atoms with Crippen molar-refractivity contribution < 1.29 is 4.79 Å². The highest BCUT2D eigenvalue weighted by Crippen LogP contribution is 2.24. The van der Waals surface area contributed by atoms with Crippen molar-refractivity contribution in [3.8, 4) is 0 Å². The zero-order valence-corrected chi connectivity index (χ0v) is 12.6. The van der Waals surface area contributed by atoms with Crippen molar-refractivity contribution in [2.75, 3.05) is 27.2 Å². The molecular formula is C15H25N3O. The average molecular weight is 263 g/mol. The summed E-state index contributed by atoms with van der Waals surface area (Å²) >= 11 is 0. The maximum atomic E-state index is 11.9. The van der Waals surface area contributed by atoms with Gasteiger partial charge in [-0.05, 0) is 46.0 Å². The summed E-state index contributed by atoms with van der Waals surface area (Å²) < 4.78 is 0. The number of likely N-dealkylation sites (N-methyl/N-ethyl adjacent to an activating group) is 1. The zero-order valence-electron chi connectivity index (χ0n) is 12.6. The Bertz CT molecular complexity index is 457. The zero-order chi connectivity index (χ0) is 14.6. The lowest BCUT2D eigenvalue weighted by Crippen LogP contribution is -2.52. The lowest BCUT2D eigenvalue weighted by atomic mass is 9.87. The van der Waals surface area contributed by atoms with Crippen molar-refractivity contribution in [2.24, 2.45) is 5.73 Å². The number of amides is 1. The molecule has 0 aliphatic carbocycles. The second kappa shape index (κ2) is 6.17. The van der Waals surface area contributed by atoms with Crippen LogP contribution in [0.15, 0.2) is 18.2 Å². The van der Waals surface area contributed by atoms with Crippen molar-refractivity contribution in [2.45, 2.75) is 26.3 Å². The molecule has 0 aliphatic rings. The van der Waals surface area contributed by atoms with Gasteiger partial charge in [0.15, 0.2) is 0 Å². The lowest BCUT2D eigenvalue weighted by molar-refractivity contribution is -0.124. The summed E-state index contributed by atoms with van der Waals surface area (Å²) in [6.45, 7) is 7.46. The van der Waals surface area contributed by atoms with Gasteiger partial charge in [0.2, 0.25) is 5.91 Å². The first-order valence-corrected chi connectivity index (χ1v) is 6.55. The number of carbonyl (C=O) groups is 1. The molecule has 0 radical (unpaired) electrons. The summed E-state index contributed by atoms with van der Waals surface area (Å²) in [4.78, 5) is 13.9. The number of hydrogen-bond acceptors (Lipinski definition) is 3. The second-order valence-electron chi connectivity index (χ2n) is 5.54. The molecule has 0 bridgehead atoms. The molecule has 1 aromatic carbocycles. The Morgan fingerprint density at radius 3 is 2.47 bits per heavy atom. The molecule has 4 heteroatoms. The number of rotatable bonds is 6. The Hall–Kier alpha value is -1.39. The molecule has 0 spiro atoms. The van der Waals surface area contributed by atoms with E-state index >= 15 is 0 Å². The fraction of sp³-hybridized carbons (Fsp3) is 0.533. The van der Waals surface area contributed by atoms with Gasteiger partial charge >= 0.3 is 0 Å². The summed E-state index contributed by atoms with van der Waals surface area (Å²) in [6.07, 6.45) is 0. The minimum absolute atomic E-state index is 0.349. The van der Waals surface area contributed by atoms with Crippen LogP contribution in [-0.4, -0.2) is 38.0 Å². The Morgan fingerprint density at radius 2 is 2.00 bits per heavy atom. The van der Waals surface area contributed by atoms with Gasteiger partial charge in [-0.2, -0.15) is 0 Å². The summed E-state index contributed by atoms with van der Waals surface area (Å²) in [5.41, 5.74) is 8.00. The predicted molar refractivity (Wildman–Crippen MR) is 79.0 cm³/mol. The number of nitrogens with two attached hydrogens (primary N) is 1. The van der Waals surface area contributed by atoms with Crippen molar-refractivity contribution in [3.05, 3.63) is 34.9 Å². The van der Waals surface area contributed by atoms with Crippen molar-refractivity contribution >= 4 is 5.91 Å². The van der Waals surface area contributed by atoms with Crippen molar-refractivity contribution in [3.63, 3.8) is 0 Å². The molecule has 1 atom stereocenters. The van der Waals surface area contributed by atoms with E-state index in [2.05, 4.69) is 16.3 Å². The van der Waals surface area contributed by atoms with E-state index < -0.39 is 5.54 Å². The van der Waals surface area contributed by atoms with E-state index in [4.69, 9.17) is 5.73 Å². The normalized spacial score (nSPS) is 14.4. The molecule has 1 amide bonds. The summed E-state index contributed by atoms with van der Waals surface area (Å²) in [6, 6.07) is 6.07. The maximum absolute atomic E-state index is 11.9. The highest BCUT2D eigenvalue weighted by atomic mass is 16.1. The van der Waals surface area contributed by atoms with Gasteiger partial charge < -0.3 is 10.6 Å². The third-order valence-corrected chi connectivity index (χ3v) is 3.45. The number of primary amides is 1. The van der Waals surface area contributed by atoms with E-state index in [-0.39, 0.29) is 5.91 Å². The van der Waals surface area contributed by atoms with Crippen LogP contribution in [0.4, 0.5) is 0 Å². The molecule has 0 saturated heterocycles. The molecule has 1 aromatic rings. The smallest absolute Gasteiger partial charge is 0.242 e. The Balaban J connectivity index is 3.01. The Labute approximate surface area is 116 Å². The second-order valence-corrected chi connectivity index (χ2v) is 5.54. The number of carbonyl (C=O) groups excluding carboxylic acids is 1. The van der Waals surface area contributed by atoms with E-state index in [1.807, 2.05) is 47.0 Å². The molecule has 0 aromatic heterocycles. The van der Waals surface area contributed by atoms with Gasteiger partial charge in [-0.25, -0.2) is 0 Å². The average Bonchev–Trinajstić information content (AvgIpc) is 2.27. The monoisotopic (exact) mass is 263 g/mol. The van der Waals surface area contributed by atoms with Gasteiger partial charge in [0, 0.05) is 13.1 Å². The van der Waals surface area contributed by atoms with E-state index in [1.54, 1.807) is 0 Å². The van der Waals surface area contributed by atoms with Gasteiger partial charge in [-0.15, -0.1) is 0 Å². The van der Waals surface area contributed by atoms with E-state index in [0.29, 0.717) is 6.54 Å². The van der Waals surface area contributed by atoms with Crippen LogP contribution in [-0.2, 0) is 10.3 Å².